The molecular formula is C16H27N3O2S. The number of nitrogens with one attached hydrogen (secondary N) is 1. The number of anilines is 1. The highest BCUT2D eigenvalue weighted by Crippen LogP contribution is 2.14. The molecule has 1 aliphatic rings. The number of hydrogen-bond acceptors (Lipinski definition) is 3. The molecular weight excluding hydrogens is 298 g/mol. The van der Waals surface area contributed by atoms with Gasteiger partial charge in [0.25, 0.3) is 10.2 Å². The quantitative estimate of drug-likeness (QED) is 0.756. The zero-order valence-corrected chi connectivity index (χ0v) is 13.9. The molecule has 2 rings (SSSR count). The molecule has 1 fully saturated rings. The Morgan fingerprint density at radius 1 is 1.00 bits per heavy atom. The van der Waals surface area contributed by atoms with Crippen molar-refractivity contribution in [3.63, 3.8) is 0 Å². The van der Waals surface area contributed by atoms with E-state index in [9.17, 15) is 8.42 Å². The summed E-state index contributed by atoms with van der Waals surface area (Å²) in [4.78, 5) is 2.59. The maximum absolute atomic E-state index is 10.9. The second-order valence-corrected chi connectivity index (χ2v) is 7.35. The zero-order chi connectivity index (χ0) is 15.8. The van der Waals surface area contributed by atoms with E-state index in [0.29, 0.717) is 5.69 Å². The summed E-state index contributed by atoms with van der Waals surface area (Å²) in [6.07, 6.45) is 8.88. The molecule has 0 amide bonds. The van der Waals surface area contributed by atoms with Crippen LogP contribution in [0.15, 0.2) is 24.3 Å². The normalized spacial score (nSPS) is 17.1. The van der Waals surface area contributed by atoms with Gasteiger partial charge in [0.05, 0.1) is 0 Å². The van der Waals surface area contributed by atoms with Crippen molar-refractivity contribution in [2.75, 3.05) is 24.4 Å². The molecule has 0 unspecified atom stereocenters. The minimum Gasteiger partial charge on any atom is -0.303 e. The van der Waals surface area contributed by atoms with Crippen molar-refractivity contribution in [3.8, 4) is 0 Å². The van der Waals surface area contributed by atoms with Crippen LogP contribution in [-0.4, -0.2) is 33.0 Å². The highest BCUT2D eigenvalue weighted by Gasteiger charge is 2.08. The lowest BCUT2D eigenvalue weighted by Crippen LogP contribution is -2.25. The van der Waals surface area contributed by atoms with Crippen LogP contribution in [0.4, 0.5) is 5.69 Å². The Hall–Kier alpha value is -1.11. The smallest absolute Gasteiger partial charge is 0.296 e. The molecule has 6 heteroatoms. The molecule has 0 radical (unpaired) electrons. The minimum atomic E-state index is -3.68. The van der Waals surface area contributed by atoms with Gasteiger partial charge in [-0.2, -0.15) is 8.42 Å². The Labute approximate surface area is 134 Å². The number of hydrogen-bond donors (Lipinski definition) is 2. The number of benzene rings is 1. The van der Waals surface area contributed by atoms with Gasteiger partial charge in [0.15, 0.2) is 0 Å². The maximum Gasteiger partial charge on any atom is 0.296 e. The Morgan fingerprint density at radius 3 is 2.23 bits per heavy atom. The third-order valence-corrected chi connectivity index (χ3v) is 4.62. The Morgan fingerprint density at radius 2 is 1.64 bits per heavy atom. The van der Waals surface area contributed by atoms with E-state index in [1.807, 2.05) is 12.1 Å². The van der Waals surface area contributed by atoms with Crippen LogP contribution >= 0.6 is 0 Å². The summed E-state index contributed by atoms with van der Waals surface area (Å²) >= 11 is 0. The number of likely N-dealkylation sites (tertiary alicyclic amines) is 1. The van der Waals surface area contributed by atoms with E-state index < -0.39 is 10.2 Å². The Bertz CT molecular complexity index is 535. The monoisotopic (exact) mass is 325 g/mol. The third kappa shape index (κ3) is 6.77. The minimum absolute atomic E-state index is 0.510. The molecule has 1 aromatic rings. The summed E-state index contributed by atoms with van der Waals surface area (Å²) in [5.74, 6) is 0. The van der Waals surface area contributed by atoms with Gasteiger partial charge >= 0.3 is 0 Å². The van der Waals surface area contributed by atoms with Crippen molar-refractivity contribution >= 4 is 15.9 Å². The van der Waals surface area contributed by atoms with Gasteiger partial charge in [-0.05, 0) is 69.4 Å². The molecule has 1 aromatic carbocycles. The molecule has 0 saturated carbocycles. The first-order valence-corrected chi connectivity index (χ1v) is 9.69. The fraction of sp³-hybridized carbons (Fsp3) is 0.625. The summed E-state index contributed by atoms with van der Waals surface area (Å²) in [7, 11) is -3.68. The summed E-state index contributed by atoms with van der Waals surface area (Å²) in [5.41, 5.74) is 1.74. The average molecular weight is 325 g/mol. The van der Waals surface area contributed by atoms with E-state index in [2.05, 4.69) is 9.62 Å². The van der Waals surface area contributed by atoms with Crippen LogP contribution in [0.5, 0.6) is 0 Å². The number of nitrogens with zero attached hydrogens (tertiary/aromatic N) is 1. The molecule has 0 atom stereocenters. The highest BCUT2D eigenvalue weighted by atomic mass is 32.2. The SMILES string of the molecule is NS(=O)(=O)Nc1ccc(CCCCN2CCCCCC2)cc1. The van der Waals surface area contributed by atoms with E-state index in [-0.39, 0.29) is 0 Å². The molecule has 22 heavy (non-hydrogen) atoms. The van der Waals surface area contributed by atoms with Crippen LogP contribution in [0.25, 0.3) is 0 Å². The van der Waals surface area contributed by atoms with Crippen LogP contribution < -0.4 is 9.86 Å². The van der Waals surface area contributed by atoms with Gasteiger partial charge in [-0.15, -0.1) is 0 Å². The van der Waals surface area contributed by atoms with Crippen LogP contribution in [0, 0.1) is 0 Å². The number of rotatable bonds is 7. The van der Waals surface area contributed by atoms with Gasteiger partial charge in [-0.1, -0.05) is 25.0 Å². The Kier molecular flexibility index (Phi) is 6.67. The third-order valence-electron chi connectivity index (χ3n) is 4.10. The predicted octanol–water partition coefficient (Wildman–Crippen LogP) is 2.50. The number of unbranched alkanes of at least 4 members (excludes halogenated alkanes) is 1. The molecule has 0 bridgehead atoms. The molecule has 0 spiro atoms. The largest absolute Gasteiger partial charge is 0.303 e. The van der Waals surface area contributed by atoms with Crippen molar-refractivity contribution in [2.45, 2.75) is 44.9 Å². The summed E-state index contributed by atoms with van der Waals surface area (Å²) in [6.45, 7) is 3.72. The van der Waals surface area contributed by atoms with Crippen molar-refractivity contribution in [1.29, 1.82) is 0 Å². The van der Waals surface area contributed by atoms with Crippen molar-refractivity contribution in [3.05, 3.63) is 29.8 Å². The maximum atomic E-state index is 10.9. The van der Waals surface area contributed by atoms with Crippen LogP contribution in [0.2, 0.25) is 0 Å². The van der Waals surface area contributed by atoms with E-state index in [4.69, 9.17) is 5.14 Å². The fourth-order valence-electron chi connectivity index (χ4n) is 2.93. The summed E-state index contributed by atoms with van der Waals surface area (Å²) in [5, 5.41) is 4.94. The molecule has 1 heterocycles. The van der Waals surface area contributed by atoms with Crippen LogP contribution in [0.1, 0.15) is 44.1 Å². The zero-order valence-electron chi connectivity index (χ0n) is 13.1. The van der Waals surface area contributed by atoms with Gasteiger partial charge in [0.1, 0.15) is 0 Å². The average Bonchev–Trinajstić information content (AvgIpc) is 2.72. The molecule has 3 N–H and O–H groups in total. The molecule has 1 aliphatic heterocycles. The van der Waals surface area contributed by atoms with E-state index in [1.54, 1.807) is 12.1 Å². The van der Waals surface area contributed by atoms with Crippen molar-refractivity contribution in [2.24, 2.45) is 5.14 Å². The van der Waals surface area contributed by atoms with E-state index in [0.717, 1.165) is 6.42 Å². The van der Waals surface area contributed by atoms with Crippen LogP contribution in [-0.2, 0) is 16.6 Å². The van der Waals surface area contributed by atoms with Crippen molar-refractivity contribution in [1.82, 2.24) is 4.90 Å². The standard InChI is InChI=1S/C16H27N3O2S/c17-22(20,21)18-16-10-8-15(9-11-16)7-3-6-14-19-12-4-1-2-5-13-19/h8-11,18H,1-7,12-14H2,(H2,17,20,21). The second-order valence-electron chi connectivity index (χ2n) is 6.06. The first-order valence-electron chi connectivity index (χ1n) is 8.15. The van der Waals surface area contributed by atoms with E-state index >= 15 is 0 Å². The van der Waals surface area contributed by atoms with Gasteiger partial charge in [0.2, 0.25) is 0 Å². The predicted molar refractivity (Wildman–Crippen MR) is 91.0 cm³/mol. The van der Waals surface area contributed by atoms with Gasteiger partial charge in [0, 0.05) is 5.69 Å². The van der Waals surface area contributed by atoms with Crippen LogP contribution in [0.3, 0.4) is 0 Å². The second kappa shape index (κ2) is 8.50. The topological polar surface area (TPSA) is 75.4 Å². The summed E-state index contributed by atoms with van der Waals surface area (Å²) in [6, 6.07) is 7.43. The first-order chi connectivity index (χ1) is 10.5. The number of aryl methyl sites for hydroxylation is 1. The molecule has 124 valence electrons. The lowest BCUT2D eigenvalue weighted by Gasteiger charge is -2.19. The van der Waals surface area contributed by atoms with E-state index in [1.165, 1.54) is 63.7 Å². The molecule has 1 saturated heterocycles. The molecule has 0 aliphatic carbocycles. The molecule has 0 aromatic heterocycles. The Balaban J connectivity index is 1.68. The van der Waals surface area contributed by atoms with Gasteiger partial charge in [-0.3, -0.25) is 4.72 Å². The summed E-state index contributed by atoms with van der Waals surface area (Å²) < 4.78 is 24.1. The lowest BCUT2D eigenvalue weighted by atomic mass is 10.1. The molecule has 5 nitrogen and oxygen atoms in total. The van der Waals surface area contributed by atoms with Crippen molar-refractivity contribution < 1.29 is 8.42 Å². The number of nitrogens with two attached hydrogens (primary N) is 1. The lowest BCUT2D eigenvalue weighted by molar-refractivity contribution is 0.279. The fourth-order valence-corrected chi connectivity index (χ4v) is 3.39. The highest BCUT2D eigenvalue weighted by molar-refractivity contribution is 7.90. The first kappa shape index (κ1) is 17.2. The van der Waals surface area contributed by atoms with Gasteiger partial charge < -0.3 is 4.90 Å². The van der Waals surface area contributed by atoms with Gasteiger partial charge in [-0.25, -0.2) is 5.14 Å².